The lowest BCUT2D eigenvalue weighted by molar-refractivity contribution is 0.317. The molecule has 154 valence electrons. The summed E-state index contributed by atoms with van der Waals surface area (Å²) < 4.78 is 11.2. The monoisotopic (exact) mass is 400 g/mol. The molecule has 0 aromatic heterocycles. The first-order valence-electron chi connectivity index (χ1n) is 10.4. The van der Waals surface area contributed by atoms with Crippen molar-refractivity contribution in [2.75, 3.05) is 13.2 Å². The molecule has 0 spiro atoms. The molecular formula is C26H28N2O2. The number of aliphatic imine (C=N–C) groups is 2. The highest BCUT2D eigenvalue weighted by atomic mass is 16.5. The maximum absolute atomic E-state index is 5.59. The lowest BCUT2D eigenvalue weighted by Crippen LogP contribution is -1.93. The number of nitrogens with zero attached hydrogens (tertiary/aromatic N) is 2. The smallest absolute Gasteiger partial charge is 0.119 e. The van der Waals surface area contributed by atoms with E-state index in [4.69, 9.17) is 9.47 Å². The summed E-state index contributed by atoms with van der Waals surface area (Å²) in [5.74, 6) is 1.75. The van der Waals surface area contributed by atoms with Gasteiger partial charge in [-0.3, -0.25) is 9.98 Å². The molecule has 4 nitrogen and oxygen atoms in total. The maximum atomic E-state index is 5.59. The third-order valence-corrected chi connectivity index (χ3v) is 4.28. The zero-order valence-electron chi connectivity index (χ0n) is 17.6. The molecule has 0 heterocycles. The summed E-state index contributed by atoms with van der Waals surface area (Å²) in [6, 6.07) is 23.8. The predicted molar refractivity (Wildman–Crippen MR) is 125 cm³/mol. The second kappa shape index (κ2) is 11.6. The van der Waals surface area contributed by atoms with Gasteiger partial charge in [-0.15, -0.1) is 0 Å². The second-order valence-corrected chi connectivity index (χ2v) is 6.87. The van der Waals surface area contributed by atoms with Crippen LogP contribution in [0.2, 0.25) is 0 Å². The molecule has 0 aliphatic heterocycles. The van der Waals surface area contributed by atoms with Crippen LogP contribution in [-0.2, 0) is 0 Å². The summed E-state index contributed by atoms with van der Waals surface area (Å²) in [6.07, 6.45) is 5.72. The molecule has 0 atom stereocenters. The summed E-state index contributed by atoms with van der Waals surface area (Å²) in [5.41, 5.74) is 3.87. The van der Waals surface area contributed by atoms with Gasteiger partial charge in [-0.1, -0.05) is 38.1 Å². The summed E-state index contributed by atoms with van der Waals surface area (Å²) in [5, 5.41) is 0. The van der Waals surface area contributed by atoms with Gasteiger partial charge in [-0.25, -0.2) is 0 Å². The summed E-state index contributed by atoms with van der Waals surface area (Å²) in [4.78, 5) is 9.05. The number of hydrogen-bond donors (Lipinski definition) is 0. The van der Waals surface area contributed by atoms with Crippen molar-refractivity contribution in [3.8, 4) is 11.5 Å². The number of ether oxygens (including phenoxy) is 2. The van der Waals surface area contributed by atoms with Crippen molar-refractivity contribution in [1.82, 2.24) is 0 Å². The van der Waals surface area contributed by atoms with E-state index < -0.39 is 0 Å². The van der Waals surface area contributed by atoms with Crippen molar-refractivity contribution < 1.29 is 9.47 Å². The van der Waals surface area contributed by atoms with Crippen molar-refractivity contribution in [1.29, 1.82) is 0 Å². The van der Waals surface area contributed by atoms with Crippen LogP contribution in [-0.4, -0.2) is 25.6 Å². The van der Waals surface area contributed by atoms with Gasteiger partial charge >= 0.3 is 0 Å². The molecule has 3 aromatic carbocycles. The van der Waals surface area contributed by atoms with Gasteiger partial charge in [0.2, 0.25) is 0 Å². The number of benzene rings is 3. The molecule has 0 unspecified atom stereocenters. The average molecular weight is 401 g/mol. The molecule has 0 bridgehead atoms. The van der Waals surface area contributed by atoms with E-state index in [1.807, 2.05) is 85.2 Å². The zero-order chi connectivity index (χ0) is 21.0. The van der Waals surface area contributed by atoms with Crippen molar-refractivity contribution in [3.63, 3.8) is 0 Å². The zero-order valence-corrected chi connectivity index (χ0v) is 17.6. The van der Waals surface area contributed by atoms with Crippen molar-refractivity contribution >= 4 is 23.8 Å². The predicted octanol–water partition coefficient (Wildman–Crippen LogP) is 6.77. The molecule has 0 fully saturated rings. The molecule has 0 radical (unpaired) electrons. The Morgan fingerprint density at radius 3 is 1.27 bits per heavy atom. The lowest BCUT2D eigenvalue weighted by atomic mass is 10.1. The number of rotatable bonds is 10. The van der Waals surface area contributed by atoms with Gasteiger partial charge in [-0.05, 0) is 72.5 Å². The van der Waals surface area contributed by atoms with Crippen LogP contribution >= 0.6 is 0 Å². The Bertz CT molecular complexity index is 863. The Labute approximate surface area is 178 Å². The molecule has 0 aliphatic carbocycles. The Balaban J connectivity index is 1.55. The van der Waals surface area contributed by atoms with E-state index in [1.165, 1.54) is 0 Å². The second-order valence-electron chi connectivity index (χ2n) is 6.87. The minimum absolute atomic E-state index is 0.733. The fourth-order valence-electron chi connectivity index (χ4n) is 2.66. The van der Waals surface area contributed by atoms with Crippen LogP contribution < -0.4 is 9.47 Å². The van der Waals surface area contributed by atoms with E-state index in [2.05, 4.69) is 23.8 Å². The van der Waals surface area contributed by atoms with Gasteiger partial charge in [0.05, 0.1) is 24.6 Å². The van der Waals surface area contributed by atoms with E-state index in [1.54, 1.807) is 0 Å². The first kappa shape index (κ1) is 21.3. The van der Waals surface area contributed by atoms with Crippen LogP contribution in [0.4, 0.5) is 11.4 Å². The SMILES string of the molecule is CCCOc1ccc(N=Cc2ccc(C=Nc3ccc(OCCC)cc3)cc2)cc1. The molecule has 3 aromatic rings. The largest absolute Gasteiger partial charge is 0.494 e. The van der Waals surface area contributed by atoms with Crippen LogP contribution in [0.5, 0.6) is 11.5 Å². The fourth-order valence-corrected chi connectivity index (χ4v) is 2.66. The molecule has 0 N–H and O–H groups in total. The van der Waals surface area contributed by atoms with E-state index in [0.29, 0.717) is 0 Å². The molecule has 0 amide bonds. The van der Waals surface area contributed by atoms with E-state index in [9.17, 15) is 0 Å². The minimum atomic E-state index is 0.733. The first-order valence-corrected chi connectivity index (χ1v) is 10.4. The standard InChI is InChI=1S/C26H28N2O2/c1-3-17-29-25-13-9-23(10-14-25)27-19-21-5-7-22(8-6-21)20-28-24-11-15-26(16-12-24)30-18-4-2/h5-16,19-20H,3-4,17-18H2,1-2H3. The van der Waals surface area contributed by atoms with Gasteiger partial charge in [0, 0.05) is 12.4 Å². The van der Waals surface area contributed by atoms with Crippen molar-refractivity contribution in [2.24, 2.45) is 9.98 Å². The Kier molecular flexibility index (Phi) is 8.22. The van der Waals surface area contributed by atoms with Gasteiger partial charge < -0.3 is 9.47 Å². The summed E-state index contributed by atoms with van der Waals surface area (Å²) in [7, 11) is 0. The average Bonchev–Trinajstić information content (AvgIpc) is 2.80. The molecule has 0 aliphatic rings. The summed E-state index contributed by atoms with van der Waals surface area (Å²) >= 11 is 0. The van der Waals surface area contributed by atoms with Crippen molar-refractivity contribution in [3.05, 3.63) is 83.9 Å². The molecule has 30 heavy (non-hydrogen) atoms. The molecular weight excluding hydrogens is 372 g/mol. The third kappa shape index (κ3) is 6.89. The van der Waals surface area contributed by atoms with Crippen LogP contribution in [0.25, 0.3) is 0 Å². The Morgan fingerprint density at radius 2 is 0.933 bits per heavy atom. The summed E-state index contributed by atoms with van der Waals surface area (Å²) in [6.45, 7) is 5.65. The lowest BCUT2D eigenvalue weighted by Gasteiger charge is -2.04. The maximum Gasteiger partial charge on any atom is 0.119 e. The highest BCUT2D eigenvalue weighted by Gasteiger charge is 1.96. The normalized spacial score (nSPS) is 11.3. The minimum Gasteiger partial charge on any atom is -0.494 e. The highest BCUT2D eigenvalue weighted by Crippen LogP contribution is 2.19. The molecule has 4 heteroatoms. The van der Waals surface area contributed by atoms with Gasteiger partial charge in [0.1, 0.15) is 11.5 Å². The molecule has 3 rings (SSSR count). The topological polar surface area (TPSA) is 43.2 Å². The van der Waals surface area contributed by atoms with E-state index >= 15 is 0 Å². The molecule has 0 saturated carbocycles. The van der Waals surface area contributed by atoms with Gasteiger partial charge in [0.15, 0.2) is 0 Å². The van der Waals surface area contributed by atoms with Crippen LogP contribution in [0.1, 0.15) is 37.8 Å². The van der Waals surface area contributed by atoms with Crippen LogP contribution in [0.3, 0.4) is 0 Å². The Hall–Kier alpha value is -3.40. The van der Waals surface area contributed by atoms with Crippen molar-refractivity contribution in [2.45, 2.75) is 26.7 Å². The quantitative estimate of drug-likeness (QED) is 0.353. The Morgan fingerprint density at radius 1 is 0.567 bits per heavy atom. The van der Waals surface area contributed by atoms with E-state index in [-0.39, 0.29) is 0 Å². The van der Waals surface area contributed by atoms with Crippen LogP contribution in [0, 0.1) is 0 Å². The highest BCUT2D eigenvalue weighted by molar-refractivity contribution is 5.86. The first-order chi connectivity index (χ1) is 14.8. The van der Waals surface area contributed by atoms with Gasteiger partial charge in [-0.2, -0.15) is 0 Å². The van der Waals surface area contributed by atoms with E-state index in [0.717, 1.165) is 60.1 Å². The van der Waals surface area contributed by atoms with Gasteiger partial charge in [0.25, 0.3) is 0 Å². The third-order valence-electron chi connectivity index (χ3n) is 4.28. The fraction of sp³-hybridized carbons (Fsp3) is 0.231. The molecule has 0 saturated heterocycles. The number of hydrogen-bond acceptors (Lipinski definition) is 4. The van der Waals surface area contributed by atoms with Crippen LogP contribution in [0.15, 0.2) is 82.8 Å².